The number of morpholine rings is 1. The summed E-state index contributed by atoms with van der Waals surface area (Å²) in [7, 11) is 0. The van der Waals surface area contributed by atoms with Crippen LogP contribution >= 0.6 is 11.3 Å². The third-order valence-corrected chi connectivity index (χ3v) is 5.75. The highest BCUT2D eigenvalue weighted by atomic mass is 32.1. The minimum absolute atomic E-state index is 0.0235. The summed E-state index contributed by atoms with van der Waals surface area (Å²) < 4.78 is 5.42. The fourth-order valence-corrected chi connectivity index (χ4v) is 4.36. The monoisotopic (exact) mass is 338 g/mol. The van der Waals surface area contributed by atoms with E-state index in [-0.39, 0.29) is 12.1 Å². The summed E-state index contributed by atoms with van der Waals surface area (Å²) in [5.41, 5.74) is 1.07. The van der Waals surface area contributed by atoms with Crippen LogP contribution in [0, 0.1) is 6.92 Å². The van der Waals surface area contributed by atoms with Gasteiger partial charge in [-0.05, 0) is 26.7 Å². The number of urea groups is 1. The van der Waals surface area contributed by atoms with E-state index in [0.29, 0.717) is 11.2 Å². The molecule has 0 saturated carbocycles. The number of hydrogen-bond acceptors (Lipinski definition) is 5. The zero-order valence-corrected chi connectivity index (χ0v) is 15.0. The maximum Gasteiger partial charge on any atom is 0.323 e. The highest BCUT2D eigenvalue weighted by Gasteiger charge is 2.36. The maximum absolute atomic E-state index is 12.6. The van der Waals surface area contributed by atoms with E-state index in [4.69, 9.17) is 4.74 Å². The molecule has 2 aliphatic heterocycles. The van der Waals surface area contributed by atoms with Crippen molar-refractivity contribution in [2.75, 3.05) is 38.2 Å². The molecule has 0 aliphatic carbocycles. The van der Waals surface area contributed by atoms with Crippen LogP contribution in [0.3, 0.4) is 0 Å². The molecule has 1 N–H and O–H groups in total. The molecule has 0 radical (unpaired) electrons. The Bertz CT molecular complexity index is 556. The lowest BCUT2D eigenvalue weighted by Crippen LogP contribution is -2.45. The molecular formula is C16H26N4O2S. The van der Waals surface area contributed by atoms with Crippen molar-refractivity contribution < 1.29 is 9.53 Å². The van der Waals surface area contributed by atoms with Gasteiger partial charge in [-0.25, -0.2) is 9.78 Å². The van der Waals surface area contributed by atoms with E-state index >= 15 is 0 Å². The molecule has 0 bridgehead atoms. The number of rotatable bonds is 3. The van der Waals surface area contributed by atoms with Crippen molar-refractivity contribution in [1.29, 1.82) is 0 Å². The molecule has 1 aromatic rings. The number of nitrogens with zero attached hydrogens (tertiary/aromatic N) is 3. The molecule has 3 rings (SSSR count). The number of carbonyl (C=O) groups is 1. The van der Waals surface area contributed by atoms with Crippen molar-refractivity contribution in [3.63, 3.8) is 0 Å². The fourth-order valence-electron chi connectivity index (χ4n) is 3.47. The number of amides is 2. The van der Waals surface area contributed by atoms with Crippen molar-refractivity contribution in [2.24, 2.45) is 0 Å². The molecule has 6 nitrogen and oxygen atoms in total. The Balaban J connectivity index is 1.60. The summed E-state index contributed by atoms with van der Waals surface area (Å²) in [5.74, 6) is 0. The van der Waals surface area contributed by atoms with E-state index in [1.807, 2.05) is 4.90 Å². The molecule has 128 valence electrons. The quantitative estimate of drug-likeness (QED) is 0.919. The summed E-state index contributed by atoms with van der Waals surface area (Å²) in [4.78, 5) is 22.7. The Morgan fingerprint density at radius 1 is 1.43 bits per heavy atom. The number of hydrogen-bond donors (Lipinski definition) is 1. The number of ether oxygens (including phenoxy) is 1. The Labute approximate surface area is 141 Å². The molecule has 0 unspecified atom stereocenters. The SMILES string of the molecule is CCc1nc(NC(=O)N2C[C@@H](N3CCOCC3)C[C@H]2C)sc1C. The number of aromatic nitrogens is 1. The number of carbonyl (C=O) groups excluding carboxylic acids is 1. The van der Waals surface area contributed by atoms with Gasteiger partial charge in [0.05, 0.1) is 18.9 Å². The van der Waals surface area contributed by atoms with Gasteiger partial charge in [0.1, 0.15) is 0 Å². The average molecular weight is 338 g/mol. The van der Waals surface area contributed by atoms with Crippen LogP contribution in [0.4, 0.5) is 9.93 Å². The number of anilines is 1. The molecule has 2 saturated heterocycles. The van der Waals surface area contributed by atoms with E-state index in [1.54, 1.807) is 11.3 Å². The third-order valence-electron chi connectivity index (χ3n) is 4.82. The predicted octanol–water partition coefficient (Wildman–Crippen LogP) is 2.34. The third kappa shape index (κ3) is 3.67. The normalized spacial score (nSPS) is 25.8. The van der Waals surface area contributed by atoms with Gasteiger partial charge in [0.25, 0.3) is 0 Å². The second kappa shape index (κ2) is 7.15. The fraction of sp³-hybridized carbons (Fsp3) is 0.750. The van der Waals surface area contributed by atoms with Crippen LogP contribution in [-0.4, -0.2) is 65.7 Å². The number of thiazole rings is 1. The first kappa shape index (κ1) is 16.7. The van der Waals surface area contributed by atoms with Gasteiger partial charge >= 0.3 is 6.03 Å². The van der Waals surface area contributed by atoms with Crippen LogP contribution in [0.5, 0.6) is 0 Å². The average Bonchev–Trinajstić information content (AvgIpc) is 3.11. The van der Waals surface area contributed by atoms with Crippen LogP contribution in [0.15, 0.2) is 0 Å². The van der Waals surface area contributed by atoms with Gasteiger partial charge in [-0.1, -0.05) is 6.92 Å². The minimum atomic E-state index is -0.0235. The van der Waals surface area contributed by atoms with Crippen LogP contribution in [0.25, 0.3) is 0 Å². The van der Waals surface area contributed by atoms with Crippen LogP contribution in [0.1, 0.15) is 30.8 Å². The topological polar surface area (TPSA) is 57.7 Å². The van der Waals surface area contributed by atoms with Gasteiger partial charge in [-0.3, -0.25) is 10.2 Å². The van der Waals surface area contributed by atoms with Gasteiger partial charge in [-0.2, -0.15) is 0 Å². The van der Waals surface area contributed by atoms with E-state index in [9.17, 15) is 4.79 Å². The maximum atomic E-state index is 12.6. The van der Waals surface area contributed by atoms with Gasteiger partial charge in [0, 0.05) is 36.6 Å². The summed E-state index contributed by atoms with van der Waals surface area (Å²) in [6.45, 7) is 10.6. The zero-order chi connectivity index (χ0) is 16.4. The lowest BCUT2D eigenvalue weighted by atomic mass is 10.1. The molecule has 2 atom stereocenters. The van der Waals surface area contributed by atoms with Gasteiger partial charge in [-0.15, -0.1) is 11.3 Å². The highest BCUT2D eigenvalue weighted by Crippen LogP contribution is 2.26. The van der Waals surface area contributed by atoms with Gasteiger partial charge < -0.3 is 9.64 Å². The molecule has 3 heterocycles. The number of nitrogens with one attached hydrogen (secondary N) is 1. The van der Waals surface area contributed by atoms with Crippen molar-refractivity contribution >= 4 is 22.5 Å². The highest BCUT2D eigenvalue weighted by molar-refractivity contribution is 7.15. The van der Waals surface area contributed by atoms with Crippen LogP contribution < -0.4 is 5.32 Å². The Hall–Kier alpha value is -1.18. The Kier molecular flexibility index (Phi) is 5.18. The van der Waals surface area contributed by atoms with Gasteiger partial charge in [0.15, 0.2) is 5.13 Å². The molecule has 0 spiro atoms. The Morgan fingerprint density at radius 3 is 2.83 bits per heavy atom. The molecule has 2 amide bonds. The lowest BCUT2D eigenvalue weighted by molar-refractivity contribution is 0.0191. The lowest BCUT2D eigenvalue weighted by Gasteiger charge is -2.31. The zero-order valence-electron chi connectivity index (χ0n) is 14.2. The van der Waals surface area contributed by atoms with Crippen LogP contribution in [-0.2, 0) is 11.2 Å². The number of likely N-dealkylation sites (tertiary alicyclic amines) is 1. The molecule has 0 aromatic carbocycles. The molecule has 7 heteroatoms. The van der Waals surface area contributed by atoms with Crippen molar-refractivity contribution in [3.05, 3.63) is 10.6 Å². The van der Waals surface area contributed by atoms with E-state index in [2.05, 4.69) is 36.0 Å². The van der Waals surface area contributed by atoms with Crippen molar-refractivity contribution in [2.45, 2.75) is 45.7 Å². The summed E-state index contributed by atoms with van der Waals surface area (Å²) in [6, 6.07) is 0.683. The summed E-state index contributed by atoms with van der Waals surface area (Å²) in [6.07, 6.45) is 1.93. The standard InChI is InChI=1S/C16H26N4O2S/c1-4-14-12(3)23-15(17-14)18-16(21)20-10-13(9-11(20)2)19-5-7-22-8-6-19/h11,13H,4-10H2,1-3H3,(H,17,18,21)/t11-,13+/m1/s1. The largest absolute Gasteiger partial charge is 0.379 e. The predicted molar refractivity (Wildman–Crippen MR) is 92.2 cm³/mol. The second-order valence-corrected chi connectivity index (χ2v) is 7.55. The smallest absolute Gasteiger partial charge is 0.323 e. The first-order chi connectivity index (χ1) is 11.1. The first-order valence-electron chi connectivity index (χ1n) is 8.44. The summed E-state index contributed by atoms with van der Waals surface area (Å²) in [5, 5.41) is 3.70. The molecule has 1 aromatic heterocycles. The Morgan fingerprint density at radius 2 is 2.17 bits per heavy atom. The molecular weight excluding hydrogens is 312 g/mol. The second-order valence-electron chi connectivity index (χ2n) is 6.34. The summed E-state index contributed by atoms with van der Waals surface area (Å²) >= 11 is 1.56. The van der Waals surface area contributed by atoms with Crippen LogP contribution in [0.2, 0.25) is 0 Å². The minimum Gasteiger partial charge on any atom is -0.379 e. The number of aryl methyl sites for hydroxylation is 2. The molecule has 23 heavy (non-hydrogen) atoms. The van der Waals surface area contributed by atoms with E-state index < -0.39 is 0 Å². The first-order valence-corrected chi connectivity index (χ1v) is 9.25. The van der Waals surface area contributed by atoms with E-state index in [1.165, 1.54) is 4.88 Å². The molecule has 2 aliphatic rings. The van der Waals surface area contributed by atoms with Crippen molar-refractivity contribution in [3.8, 4) is 0 Å². The van der Waals surface area contributed by atoms with Gasteiger partial charge in [0.2, 0.25) is 0 Å². The van der Waals surface area contributed by atoms with Crippen molar-refractivity contribution in [1.82, 2.24) is 14.8 Å². The van der Waals surface area contributed by atoms with E-state index in [0.717, 1.165) is 51.4 Å². The molecule has 2 fully saturated rings.